The van der Waals surface area contributed by atoms with E-state index >= 15 is 0 Å². The first kappa shape index (κ1) is 18.0. The lowest BCUT2D eigenvalue weighted by Crippen LogP contribution is -2.32. The van der Waals surface area contributed by atoms with Gasteiger partial charge in [0, 0.05) is 11.2 Å². The summed E-state index contributed by atoms with van der Waals surface area (Å²) in [5.41, 5.74) is 3.11. The zero-order valence-electron chi connectivity index (χ0n) is 15.2. The number of nitrogens with zero attached hydrogens (tertiary/aromatic N) is 2. The van der Waals surface area contributed by atoms with Gasteiger partial charge in [-0.05, 0) is 82.1 Å². The van der Waals surface area contributed by atoms with E-state index in [2.05, 4.69) is 28.3 Å². The number of halogens is 1. The summed E-state index contributed by atoms with van der Waals surface area (Å²) in [6, 6.07) is 7.81. The van der Waals surface area contributed by atoms with Gasteiger partial charge < -0.3 is 15.0 Å². The number of nitrogens with one attached hydrogen (secondary N) is 1. The van der Waals surface area contributed by atoms with Crippen molar-refractivity contribution in [2.45, 2.75) is 26.7 Å². The van der Waals surface area contributed by atoms with Crippen LogP contribution in [0.2, 0.25) is 5.02 Å². The molecule has 0 aliphatic carbocycles. The van der Waals surface area contributed by atoms with Crippen LogP contribution >= 0.6 is 11.6 Å². The Balaban J connectivity index is 1.71. The van der Waals surface area contributed by atoms with Crippen molar-refractivity contribution in [3.05, 3.63) is 46.6 Å². The fraction of sp³-hybridized carbons (Fsp3) is 0.450. The first-order chi connectivity index (χ1) is 12.0. The molecule has 1 fully saturated rings. The SMILES string of the molecule is Cc1cnc(Nc2cc(Cl)ccc2OCC2CCN(C)CC2)c(C)c1. The van der Waals surface area contributed by atoms with Crippen molar-refractivity contribution < 1.29 is 4.74 Å². The molecule has 0 radical (unpaired) electrons. The van der Waals surface area contributed by atoms with Crippen molar-refractivity contribution in [1.29, 1.82) is 0 Å². The summed E-state index contributed by atoms with van der Waals surface area (Å²) in [7, 11) is 2.18. The van der Waals surface area contributed by atoms with Gasteiger partial charge in [-0.15, -0.1) is 0 Å². The average molecular weight is 360 g/mol. The maximum atomic E-state index is 6.19. The van der Waals surface area contributed by atoms with Crippen LogP contribution < -0.4 is 10.1 Å². The van der Waals surface area contributed by atoms with Crippen LogP contribution in [0.25, 0.3) is 0 Å². The van der Waals surface area contributed by atoms with Crippen LogP contribution in [-0.2, 0) is 0 Å². The van der Waals surface area contributed by atoms with Crippen LogP contribution in [0.4, 0.5) is 11.5 Å². The van der Waals surface area contributed by atoms with E-state index in [4.69, 9.17) is 16.3 Å². The third-order valence-electron chi connectivity index (χ3n) is 4.72. The van der Waals surface area contributed by atoms with E-state index in [1.807, 2.05) is 38.2 Å². The highest BCUT2D eigenvalue weighted by atomic mass is 35.5. The third kappa shape index (κ3) is 4.86. The van der Waals surface area contributed by atoms with Gasteiger partial charge in [0.2, 0.25) is 0 Å². The van der Waals surface area contributed by atoms with Gasteiger partial charge in [-0.3, -0.25) is 0 Å². The molecule has 2 aromatic rings. The fourth-order valence-electron chi connectivity index (χ4n) is 3.14. The largest absolute Gasteiger partial charge is 0.491 e. The molecule has 1 saturated heterocycles. The second kappa shape index (κ2) is 8.07. The minimum atomic E-state index is 0.610. The van der Waals surface area contributed by atoms with E-state index in [-0.39, 0.29) is 0 Å². The lowest BCUT2D eigenvalue weighted by Gasteiger charge is -2.29. The molecule has 4 nitrogen and oxygen atoms in total. The normalized spacial score (nSPS) is 16.0. The number of anilines is 2. The van der Waals surface area contributed by atoms with Crippen LogP contribution in [0.15, 0.2) is 30.5 Å². The van der Waals surface area contributed by atoms with Crippen LogP contribution in [-0.4, -0.2) is 36.6 Å². The number of ether oxygens (including phenoxy) is 1. The smallest absolute Gasteiger partial charge is 0.142 e. The third-order valence-corrected chi connectivity index (χ3v) is 4.96. The van der Waals surface area contributed by atoms with E-state index in [0.29, 0.717) is 10.9 Å². The molecule has 0 bridgehead atoms. The number of pyridine rings is 1. The van der Waals surface area contributed by atoms with Gasteiger partial charge in [0.1, 0.15) is 11.6 Å². The monoisotopic (exact) mass is 359 g/mol. The molecule has 1 aromatic carbocycles. The van der Waals surface area contributed by atoms with Crippen LogP contribution in [0.3, 0.4) is 0 Å². The summed E-state index contributed by atoms with van der Waals surface area (Å²) in [4.78, 5) is 6.86. The number of hydrogen-bond acceptors (Lipinski definition) is 4. The zero-order valence-corrected chi connectivity index (χ0v) is 15.9. The van der Waals surface area contributed by atoms with Gasteiger partial charge in [0.15, 0.2) is 0 Å². The summed E-state index contributed by atoms with van der Waals surface area (Å²) in [6.07, 6.45) is 4.23. The lowest BCUT2D eigenvalue weighted by molar-refractivity contribution is 0.160. The van der Waals surface area contributed by atoms with E-state index in [9.17, 15) is 0 Å². The van der Waals surface area contributed by atoms with Gasteiger partial charge in [-0.25, -0.2) is 4.98 Å². The van der Waals surface area contributed by atoms with Crippen LogP contribution in [0, 0.1) is 19.8 Å². The van der Waals surface area contributed by atoms with Crippen molar-refractivity contribution >= 4 is 23.1 Å². The van der Waals surface area contributed by atoms with Crippen molar-refractivity contribution in [3.63, 3.8) is 0 Å². The van der Waals surface area contributed by atoms with Gasteiger partial charge in [0.25, 0.3) is 0 Å². The van der Waals surface area contributed by atoms with Gasteiger partial charge in [0.05, 0.1) is 12.3 Å². The maximum absolute atomic E-state index is 6.19. The van der Waals surface area contributed by atoms with Crippen LogP contribution in [0.5, 0.6) is 5.75 Å². The zero-order chi connectivity index (χ0) is 17.8. The Morgan fingerprint density at radius 3 is 2.72 bits per heavy atom. The number of rotatable bonds is 5. The highest BCUT2D eigenvalue weighted by Gasteiger charge is 2.18. The van der Waals surface area contributed by atoms with Crippen molar-refractivity contribution in [2.24, 2.45) is 5.92 Å². The van der Waals surface area contributed by atoms with Crippen molar-refractivity contribution in [3.8, 4) is 5.75 Å². The standard InChI is InChI=1S/C20H26ClN3O/c1-14-10-15(2)20(22-12-14)23-18-11-17(21)4-5-19(18)25-13-16-6-8-24(3)9-7-16/h4-5,10-12,16H,6-9,13H2,1-3H3,(H,22,23). The van der Waals surface area contributed by atoms with Gasteiger partial charge in [-0.1, -0.05) is 17.7 Å². The molecular formula is C20H26ClN3O. The predicted molar refractivity (Wildman–Crippen MR) is 104 cm³/mol. The van der Waals surface area contributed by atoms with E-state index < -0.39 is 0 Å². The van der Waals surface area contributed by atoms with Crippen molar-refractivity contribution in [1.82, 2.24) is 9.88 Å². The van der Waals surface area contributed by atoms with Crippen LogP contribution in [0.1, 0.15) is 24.0 Å². The minimum Gasteiger partial charge on any atom is -0.491 e. The molecule has 3 rings (SSSR count). The molecule has 1 aliphatic rings. The number of likely N-dealkylation sites (tertiary alicyclic amines) is 1. The highest BCUT2D eigenvalue weighted by Crippen LogP contribution is 2.32. The minimum absolute atomic E-state index is 0.610. The topological polar surface area (TPSA) is 37.4 Å². The second-order valence-corrected chi connectivity index (χ2v) is 7.44. The van der Waals surface area contributed by atoms with E-state index in [1.165, 1.54) is 12.8 Å². The van der Waals surface area contributed by atoms with E-state index in [1.54, 1.807) is 0 Å². The summed E-state index contributed by atoms with van der Waals surface area (Å²) >= 11 is 6.19. The first-order valence-corrected chi connectivity index (χ1v) is 9.20. The second-order valence-electron chi connectivity index (χ2n) is 7.00. The highest BCUT2D eigenvalue weighted by molar-refractivity contribution is 6.31. The first-order valence-electron chi connectivity index (χ1n) is 8.82. The Morgan fingerprint density at radius 1 is 1.24 bits per heavy atom. The molecule has 0 atom stereocenters. The maximum Gasteiger partial charge on any atom is 0.142 e. The quantitative estimate of drug-likeness (QED) is 0.830. The summed E-state index contributed by atoms with van der Waals surface area (Å²) in [5, 5.41) is 4.05. The molecule has 1 aromatic heterocycles. The molecule has 5 heteroatoms. The molecule has 25 heavy (non-hydrogen) atoms. The Hall–Kier alpha value is -1.78. The molecule has 0 amide bonds. The summed E-state index contributed by atoms with van der Waals surface area (Å²) < 4.78 is 6.14. The van der Waals surface area contributed by atoms with Crippen molar-refractivity contribution in [2.75, 3.05) is 32.1 Å². The number of aryl methyl sites for hydroxylation is 2. The Labute approximate surface area is 155 Å². The number of piperidine rings is 1. The summed E-state index contributed by atoms with van der Waals surface area (Å²) in [5.74, 6) is 2.26. The number of aromatic nitrogens is 1. The number of benzene rings is 1. The number of hydrogen-bond donors (Lipinski definition) is 1. The average Bonchev–Trinajstić information content (AvgIpc) is 2.58. The Kier molecular flexibility index (Phi) is 5.82. The molecule has 134 valence electrons. The van der Waals surface area contributed by atoms with E-state index in [0.717, 1.165) is 48.1 Å². The van der Waals surface area contributed by atoms with Gasteiger partial charge >= 0.3 is 0 Å². The molecule has 1 aliphatic heterocycles. The molecule has 2 heterocycles. The Bertz CT molecular complexity index is 727. The Morgan fingerprint density at radius 2 is 2.00 bits per heavy atom. The summed E-state index contributed by atoms with van der Waals surface area (Å²) in [6.45, 7) is 7.12. The van der Waals surface area contributed by atoms with Gasteiger partial charge in [-0.2, -0.15) is 0 Å². The predicted octanol–water partition coefficient (Wildman–Crippen LogP) is 4.82. The molecule has 1 N–H and O–H groups in total. The fourth-order valence-corrected chi connectivity index (χ4v) is 3.31. The lowest BCUT2D eigenvalue weighted by atomic mass is 9.98. The molecule has 0 spiro atoms. The molecule has 0 unspecified atom stereocenters. The molecule has 0 saturated carbocycles. The molecular weight excluding hydrogens is 334 g/mol.